The number of primary sulfonamides is 1. The molecule has 0 amide bonds. The number of nitrogens with two attached hydrogens (primary N) is 1. The summed E-state index contributed by atoms with van der Waals surface area (Å²) >= 11 is 0. The topological polar surface area (TPSA) is 78.0 Å². The van der Waals surface area contributed by atoms with Crippen molar-refractivity contribution >= 4 is 15.6 Å². The van der Waals surface area contributed by atoms with Crippen molar-refractivity contribution in [3.63, 3.8) is 0 Å². The molecule has 2 aromatic rings. The Labute approximate surface area is 143 Å². The quantitative estimate of drug-likeness (QED) is 0.897. The minimum atomic E-state index is -4.63. The van der Waals surface area contributed by atoms with Crippen molar-refractivity contribution in [2.24, 2.45) is 5.14 Å². The molecular weight excluding hydrogens is 355 g/mol. The number of alkyl halides is 3. The molecule has 2 N–H and O–H groups in total. The van der Waals surface area contributed by atoms with Crippen molar-refractivity contribution in [3.05, 3.63) is 47.8 Å². The van der Waals surface area contributed by atoms with E-state index in [9.17, 15) is 21.6 Å². The van der Waals surface area contributed by atoms with Gasteiger partial charge < -0.3 is 0 Å². The van der Waals surface area contributed by atoms with E-state index < -0.39 is 21.9 Å². The molecule has 0 spiro atoms. The van der Waals surface area contributed by atoms with E-state index in [0.29, 0.717) is 6.42 Å². The second-order valence-electron chi connectivity index (χ2n) is 5.81. The van der Waals surface area contributed by atoms with Crippen molar-refractivity contribution in [1.29, 1.82) is 0 Å². The van der Waals surface area contributed by atoms with Crippen molar-refractivity contribution in [2.45, 2.75) is 36.8 Å². The van der Waals surface area contributed by atoms with Crippen LogP contribution < -0.4 is 5.14 Å². The maximum Gasteiger partial charge on any atom is 0.435 e. The van der Waals surface area contributed by atoms with Crippen LogP contribution in [0, 0.1) is 0 Å². The van der Waals surface area contributed by atoms with Crippen LogP contribution in [0.3, 0.4) is 0 Å². The molecule has 9 heteroatoms. The van der Waals surface area contributed by atoms with Crippen LogP contribution in [0.4, 0.5) is 13.2 Å². The van der Waals surface area contributed by atoms with Crippen LogP contribution in [-0.2, 0) is 16.2 Å². The molecule has 0 fully saturated rings. The number of para-hydroxylation sites is 1. The number of sulfonamides is 1. The molecule has 3 rings (SSSR count). The largest absolute Gasteiger partial charge is 0.435 e. The van der Waals surface area contributed by atoms with Gasteiger partial charge in [0, 0.05) is 0 Å². The smallest absolute Gasteiger partial charge is 0.231 e. The second-order valence-corrected chi connectivity index (χ2v) is 7.34. The lowest BCUT2D eigenvalue weighted by atomic mass is 9.97. The van der Waals surface area contributed by atoms with Gasteiger partial charge in [-0.15, -0.1) is 0 Å². The fourth-order valence-electron chi connectivity index (χ4n) is 2.88. The first-order valence-corrected chi connectivity index (χ1v) is 9.21. The molecule has 1 aliphatic rings. The van der Waals surface area contributed by atoms with E-state index in [0.717, 1.165) is 35.6 Å². The highest BCUT2D eigenvalue weighted by molar-refractivity contribution is 7.89. The van der Waals surface area contributed by atoms with Gasteiger partial charge in [0.15, 0.2) is 5.69 Å². The number of benzene rings is 1. The minimum Gasteiger partial charge on any atom is -0.231 e. The number of allylic oxidation sites excluding steroid dienone is 2. The van der Waals surface area contributed by atoms with Crippen molar-refractivity contribution in [2.75, 3.05) is 0 Å². The Balaban J connectivity index is 2.26. The lowest BCUT2D eigenvalue weighted by Gasteiger charge is -2.16. The molecule has 1 aliphatic carbocycles. The highest BCUT2D eigenvalue weighted by atomic mass is 32.2. The van der Waals surface area contributed by atoms with Crippen LogP contribution in [0.1, 0.15) is 37.1 Å². The number of nitrogens with zero attached hydrogens (tertiary/aromatic N) is 2. The fraction of sp³-hybridized carbons (Fsp3) is 0.312. The average Bonchev–Trinajstić information content (AvgIpc) is 3.00. The first-order chi connectivity index (χ1) is 11.7. The van der Waals surface area contributed by atoms with Gasteiger partial charge in [0.25, 0.3) is 0 Å². The summed E-state index contributed by atoms with van der Waals surface area (Å²) in [5.74, 6) is 0. The standard InChI is InChI=1S/C16H16F3N3O2S/c17-16(18,19)15-10-13(11-6-2-1-3-7-11)22(21-15)12-8-4-5-9-14(12)25(20,23)24/h4-6,8-10H,1-3,7H2,(H2,20,23,24). The minimum absolute atomic E-state index is 0.00183. The molecule has 134 valence electrons. The average molecular weight is 371 g/mol. The van der Waals surface area contributed by atoms with E-state index in [1.807, 2.05) is 6.08 Å². The Morgan fingerprint density at radius 1 is 1.16 bits per heavy atom. The van der Waals surface area contributed by atoms with Crippen molar-refractivity contribution in [3.8, 4) is 5.69 Å². The van der Waals surface area contributed by atoms with E-state index in [1.165, 1.54) is 24.3 Å². The predicted molar refractivity (Wildman–Crippen MR) is 86.4 cm³/mol. The Bertz CT molecular complexity index is 930. The Hall–Kier alpha value is -2.13. The molecular formula is C16H16F3N3O2S. The highest BCUT2D eigenvalue weighted by Gasteiger charge is 2.36. The van der Waals surface area contributed by atoms with Gasteiger partial charge in [-0.05, 0) is 49.5 Å². The first-order valence-electron chi connectivity index (χ1n) is 7.67. The summed E-state index contributed by atoms with van der Waals surface area (Å²) in [5.41, 5.74) is -0.109. The van der Waals surface area contributed by atoms with Crippen molar-refractivity contribution < 1.29 is 21.6 Å². The van der Waals surface area contributed by atoms with Crippen LogP contribution in [0.5, 0.6) is 0 Å². The molecule has 25 heavy (non-hydrogen) atoms. The Morgan fingerprint density at radius 3 is 2.48 bits per heavy atom. The zero-order chi connectivity index (χ0) is 18.2. The van der Waals surface area contributed by atoms with Gasteiger partial charge in [-0.1, -0.05) is 18.2 Å². The summed E-state index contributed by atoms with van der Waals surface area (Å²) < 4.78 is 64.1. The zero-order valence-electron chi connectivity index (χ0n) is 13.1. The SMILES string of the molecule is NS(=O)(=O)c1ccccc1-n1nc(C(F)(F)F)cc1C1=CCCCC1. The van der Waals surface area contributed by atoms with Gasteiger partial charge in [-0.2, -0.15) is 18.3 Å². The molecule has 1 aromatic heterocycles. The third-order valence-corrected chi connectivity index (χ3v) is 4.98. The fourth-order valence-corrected chi connectivity index (χ4v) is 3.59. The van der Waals surface area contributed by atoms with Crippen molar-refractivity contribution in [1.82, 2.24) is 9.78 Å². The number of hydrogen-bond donors (Lipinski definition) is 1. The van der Waals surface area contributed by atoms with E-state index in [2.05, 4.69) is 5.10 Å². The number of hydrogen-bond acceptors (Lipinski definition) is 3. The molecule has 0 saturated heterocycles. The summed E-state index contributed by atoms with van der Waals surface area (Å²) in [6, 6.07) is 6.57. The third kappa shape index (κ3) is 3.62. The number of rotatable bonds is 3. The van der Waals surface area contributed by atoms with Crippen LogP contribution in [0.25, 0.3) is 11.3 Å². The molecule has 0 atom stereocenters. The molecule has 0 bridgehead atoms. The molecule has 0 radical (unpaired) electrons. The molecule has 1 heterocycles. The Morgan fingerprint density at radius 2 is 1.88 bits per heavy atom. The van der Waals surface area contributed by atoms with Gasteiger partial charge in [0.05, 0.1) is 11.4 Å². The monoisotopic (exact) mass is 371 g/mol. The summed E-state index contributed by atoms with van der Waals surface area (Å²) in [4.78, 5) is -0.274. The predicted octanol–water partition coefficient (Wildman–Crippen LogP) is 3.50. The summed E-state index contributed by atoms with van der Waals surface area (Å²) in [6.07, 6.45) is 0.439. The van der Waals surface area contributed by atoms with E-state index in [4.69, 9.17) is 5.14 Å². The van der Waals surface area contributed by atoms with Gasteiger partial charge in [-0.3, -0.25) is 0 Å². The first kappa shape index (κ1) is 17.7. The van der Waals surface area contributed by atoms with Gasteiger partial charge >= 0.3 is 6.18 Å². The van der Waals surface area contributed by atoms with E-state index in [-0.39, 0.29) is 16.3 Å². The zero-order valence-corrected chi connectivity index (χ0v) is 13.9. The molecule has 0 unspecified atom stereocenters. The van der Waals surface area contributed by atoms with E-state index in [1.54, 1.807) is 0 Å². The van der Waals surface area contributed by atoms with Crippen LogP contribution in [0.15, 0.2) is 41.3 Å². The van der Waals surface area contributed by atoms with Gasteiger partial charge in [-0.25, -0.2) is 18.2 Å². The second kappa shape index (κ2) is 6.30. The normalized spacial score (nSPS) is 15.9. The molecule has 0 aliphatic heterocycles. The van der Waals surface area contributed by atoms with Gasteiger partial charge in [0.1, 0.15) is 4.90 Å². The summed E-state index contributed by atoms with van der Waals surface area (Å²) in [6.45, 7) is 0. The maximum absolute atomic E-state index is 13.2. The number of aromatic nitrogens is 2. The molecule has 1 aromatic carbocycles. The highest BCUT2D eigenvalue weighted by Crippen LogP contribution is 2.35. The summed E-state index contributed by atoms with van der Waals surface area (Å²) in [7, 11) is -4.12. The van der Waals surface area contributed by atoms with Crippen LogP contribution >= 0.6 is 0 Å². The Kier molecular flexibility index (Phi) is 4.46. The third-order valence-electron chi connectivity index (χ3n) is 4.02. The maximum atomic E-state index is 13.2. The van der Waals surface area contributed by atoms with E-state index >= 15 is 0 Å². The van der Waals surface area contributed by atoms with Crippen LogP contribution in [-0.4, -0.2) is 18.2 Å². The number of halogens is 3. The summed E-state index contributed by atoms with van der Waals surface area (Å²) in [5, 5.41) is 8.84. The lowest BCUT2D eigenvalue weighted by molar-refractivity contribution is -0.141. The van der Waals surface area contributed by atoms with Gasteiger partial charge in [0.2, 0.25) is 10.0 Å². The molecule has 0 saturated carbocycles. The lowest BCUT2D eigenvalue weighted by Crippen LogP contribution is -2.17. The molecule has 5 nitrogen and oxygen atoms in total. The van der Waals surface area contributed by atoms with Crippen LogP contribution in [0.2, 0.25) is 0 Å².